The largest absolute Gasteiger partial charge is 0.388 e. The van der Waals surface area contributed by atoms with E-state index < -0.39 is 6.10 Å². The smallest absolute Gasteiger partial charge is 0.127 e. The van der Waals surface area contributed by atoms with Crippen LogP contribution in [0.3, 0.4) is 0 Å². The summed E-state index contributed by atoms with van der Waals surface area (Å²) in [6.45, 7) is 0. The average Bonchev–Trinajstić information content (AvgIpc) is 2.34. The molecule has 0 radical (unpaired) electrons. The molecule has 0 aliphatic heterocycles. The molecule has 1 N–H and O–H groups in total. The monoisotopic (exact) mass is 295 g/mol. The molecule has 0 bridgehead atoms. The van der Waals surface area contributed by atoms with E-state index in [4.69, 9.17) is 0 Å². The Balaban J connectivity index is 2.16. The van der Waals surface area contributed by atoms with Gasteiger partial charge in [0.05, 0.1) is 6.10 Å². The summed E-state index contributed by atoms with van der Waals surface area (Å²) >= 11 is 3.19. The molecule has 0 saturated heterocycles. The number of aliphatic hydroxyl groups excluding tert-OH is 1. The van der Waals surface area contributed by atoms with Gasteiger partial charge in [0.25, 0.3) is 0 Å². The first-order valence-electron chi connectivity index (χ1n) is 5.19. The molecule has 2 rings (SSSR count). The summed E-state index contributed by atoms with van der Waals surface area (Å²) in [6.07, 6.45) is 2.72. The molecule has 17 heavy (non-hydrogen) atoms. The summed E-state index contributed by atoms with van der Waals surface area (Å²) in [5.74, 6) is -0.317. The Kier molecular flexibility index (Phi) is 3.86. The van der Waals surface area contributed by atoms with E-state index >= 15 is 0 Å². The van der Waals surface area contributed by atoms with Crippen molar-refractivity contribution in [1.29, 1.82) is 0 Å². The lowest BCUT2D eigenvalue weighted by Gasteiger charge is -2.11. The lowest BCUT2D eigenvalue weighted by atomic mass is 10.0. The normalized spacial score (nSPS) is 12.4. The van der Waals surface area contributed by atoms with Gasteiger partial charge in [-0.15, -0.1) is 0 Å². The number of benzene rings is 1. The molecule has 4 heteroatoms. The van der Waals surface area contributed by atoms with Crippen LogP contribution >= 0.6 is 15.9 Å². The van der Waals surface area contributed by atoms with Crippen LogP contribution in [0.2, 0.25) is 0 Å². The third-order valence-corrected chi connectivity index (χ3v) is 2.99. The molecule has 0 saturated carbocycles. The van der Waals surface area contributed by atoms with Gasteiger partial charge in [0.1, 0.15) is 5.82 Å². The Bertz CT molecular complexity index is 504. The fourth-order valence-corrected chi connectivity index (χ4v) is 1.92. The molecule has 0 fully saturated rings. The molecule has 0 amide bonds. The summed E-state index contributed by atoms with van der Waals surface area (Å²) in [6, 6.07) is 8.34. The summed E-state index contributed by atoms with van der Waals surface area (Å²) in [7, 11) is 0. The maximum absolute atomic E-state index is 13.6. The van der Waals surface area contributed by atoms with E-state index in [0.717, 1.165) is 0 Å². The molecular weight excluding hydrogens is 285 g/mol. The van der Waals surface area contributed by atoms with Crippen LogP contribution in [0.15, 0.2) is 47.2 Å². The van der Waals surface area contributed by atoms with Crippen molar-refractivity contribution >= 4 is 15.9 Å². The highest BCUT2D eigenvalue weighted by Crippen LogP contribution is 2.21. The molecule has 88 valence electrons. The number of hydrogen-bond acceptors (Lipinski definition) is 2. The Hall–Kier alpha value is -1.26. The van der Waals surface area contributed by atoms with Gasteiger partial charge in [0, 0.05) is 23.3 Å². The van der Waals surface area contributed by atoms with Crippen molar-refractivity contribution in [3.8, 4) is 0 Å². The number of halogens is 2. The van der Waals surface area contributed by atoms with Gasteiger partial charge in [-0.3, -0.25) is 4.98 Å². The molecule has 0 aliphatic rings. The lowest BCUT2D eigenvalue weighted by Crippen LogP contribution is -2.03. The highest BCUT2D eigenvalue weighted by molar-refractivity contribution is 9.10. The predicted molar refractivity (Wildman–Crippen MR) is 67.0 cm³/mol. The van der Waals surface area contributed by atoms with Gasteiger partial charge in [0.15, 0.2) is 0 Å². The molecule has 1 aromatic carbocycles. The van der Waals surface area contributed by atoms with Gasteiger partial charge < -0.3 is 5.11 Å². The quantitative estimate of drug-likeness (QED) is 0.943. The molecule has 2 nitrogen and oxygen atoms in total. The Labute approximate surface area is 107 Å². The summed E-state index contributed by atoms with van der Waals surface area (Å²) in [5.41, 5.74) is 1.18. The zero-order valence-corrected chi connectivity index (χ0v) is 10.6. The number of hydrogen-bond donors (Lipinski definition) is 1. The van der Waals surface area contributed by atoms with Crippen molar-refractivity contribution in [3.05, 3.63) is 64.1 Å². The molecule has 1 aromatic heterocycles. The van der Waals surface area contributed by atoms with Crippen LogP contribution in [0.1, 0.15) is 17.2 Å². The van der Waals surface area contributed by atoms with Crippen molar-refractivity contribution < 1.29 is 9.50 Å². The second-order valence-electron chi connectivity index (χ2n) is 3.74. The molecule has 0 spiro atoms. The lowest BCUT2D eigenvalue weighted by molar-refractivity contribution is 0.176. The van der Waals surface area contributed by atoms with Gasteiger partial charge in [-0.2, -0.15) is 0 Å². The van der Waals surface area contributed by atoms with E-state index in [1.54, 1.807) is 36.7 Å². The van der Waals surface area contributed by atoms with Crippen molar-refractivity contribution in [2.75, 3.05) is 0 Å². The Morgan fingerprint density at radius 2 is 2.18 bits per heavy atom. The summed E-state index contributed by atoms with van der Waals surface area (Å²) < 4.78 is 14.3. The minimum atomic E-state index is -0.737. The van der Waals surface area contributed by atoms with E-state index in [0.29, 0.717) is 15.6 Å². The van der Waals surface area contributed by atoms with E-state index in [1.165, 1.54) is 6.07 Å². The van der Waals surface area contributed by atoms with Gasteiger partial charge in [0.2, 0.25) is 0 Å². The molecule has 2 aromatic rings. The highest BCUT2D eigenvalue weighted by Gasteiger charge is 2.11. The molecule has 1 heterocycles. The number of rotatable bonds is 3. The first kappa shape index (κ1) is 12.2. The van der Waals surface area contributed by atoms with Crippen LogP contribution in [0, 0.1) is 5.82 Å². The zero-order valence-electron chi connectivity index (χ0n) is 8.98. The van der Waals surface area contributed by atoms with Gasteiger partial charge in [-0.1, -0.05) is 28.1 Å². The summed E-state index contributed by atoms with van der Waals surface area (Å²) in [4.78, 5) is 3.92. The van der Waals surface area contributed by atoms with Gasteiger partial charge >= 0.3 is 0 Å². The van der Waals surface area contributed by atoms with Crippen LogP contribution in [0.4, 0.5) is 4.39 Å². The first-order chi connectivity index (χ1) is 8.16. The highest BCUT2D eigenvalue weighted by atomic mass is 79.9. The molecule has 1 atom stereocenters. The number of nitrogens with zero attached hydrogens (tertiary/aromatic N) is 1. The third kappa shape index (κ3) is 3.11. The van der Waals surface area contributed by atoms with Crippen molar-refractivity contribution in [1.82, 2.24) is 4.98 Å². The van der Waals surface area contributed by atoms with Gasteiger partial charge in [-0.05, 0) is 29.3 Å². The molecule has 0 aliphatic carbocycles. The van der Waals surface area contributed by atoms with Crippen LogP contribution in [-0.2, 0) is 6.42 Å². The fourth-order valence-electron chi connectivity index (χ4n) is 1.59. The third-order valence-electron chi connectivity index (χ3n) is 2.50. The van der Waals surface area contributed by atoms with E-state index in [-0.39, 0.29) is 12.2 Å². The van der Waals surface area contributed by atoms with Crippen molar-refractivity contribution in [2.24, 2.45) is 0 Å². The second-order valence-corrected chi connectivity index (χ2v) is 4.66. The minimum Gasteiger partial charge on any atom is -0.388 e. The zero-order chi connectivity index (χ0) is 12.3. The van der Waals surface area contributed by atoms with Crippen LogP contribution < -0.4 is 0 Å². The Morgan fingerprint density at radius 1 is 1.35 bits per heavy atom. The van der Waals surface area contributed by atoms with E-state index in [2.05, 4.69) is 20.9 Å². The topological polar surface area (TPSA) is 33.1 Å². The second kappa shape index (κ2) is 5.38. The first-order valence-corrected chi connectivity index (χ1v) is 5.98. The van der Waals surface area contributed by atoms with Crippen LogP contribution in [0.5, 0.6) is 0 Å². The maximum Gasteiger partial charge on any atom is 0.127 e. The summed E-state index contributed by atoms with van der Waals surface area (Å²) in [5, 5.41) is 9.95. The number of aliphatic hydroxyl groups is 1. The number of pyridine rings is 1. The Morgan fingerprint density at radius 3 is 2.82 bits per heavy atom. The van der Waals surface area contributed by atoms with Crippen LogP contribution in [-0.4, -0.2) is 10.1 Å². The van der Waals surface area contributed by atoms with E-state index in [9.17, 15) is 9.50 Å². The minimum absolute atomic E-state index is 0.241. The standard InChI is InChI=1S/C13H11BrFNO/c14-11-4-3-9(12(15)7-11)6-13(17)10-2-1-5-16-8-10/h1-5,7-8,13,17H,6H2. The SMILES string of the molecule is OC(Cc1ccc(Br)cc1F)c1cccnc1. The van der Waals surface area contributed by atoms with E-state index in [1.807, 2.05) is 0 Å². The van der Waals surface area contributed by atoms with Crippen LogP contribution in [0.25, 0.3) is 0 Å². The predicted octanol–water partition coefficient (Wildman–Crippen LogP) is 3.26. The average molecular weight is 296 g/mol. The van der Waals surface area contributed by atoms with Crippen molar-refractivity contribution in [3.63, 3.8) is 0 Å². The van der Waals surface area contributed by atoms with Gasteiger partial charge in [-0.25, -0.2) is 4.39 Å². The molecule has 1 unspecified atom stereocenters. The fraction of sp³-hybridized carbons (Fsp3) is 0.154. The van der Waals surface area contributed by atoms with Crippen molar-refractivity contribution in [2.45, 2.75) is 12.5 Å². The molecular formula is C13H11BrFNO. The maximum atomic E-state index is 13.6. The number of aromatic nitrogens is 1.